The van der Waals surface area contributed by atoms with Crippen molar-refractivity contribution >= 4 is 34.0 Å². The van der Waals surface area contributed by atoms with Gasteiger partial charge in [0.25, 0.3) is 0 Å². The molecule has 1 aliphatic rings. The zero-order chi connectivity index (χ0) is 25.2. The summed E-state index contributed by atoms with van der Waals surface area (Å²) in [5, 5.41) is 7.90. The van der Waals surface area contributed by atoms with Crippen molar-refractivity contribution in [2.45, 2.75) is 25.5 Å². The number of nitrogens with one attached hydrogen (secondary N) is 1. The van der Waals surface area contributed by atoms with Gasteiger partial charge in [-0.1, -0.05) is 17.3 Å². The molecule has 0 bridgehead atoms. The molecule has 0 saturated carbocycles. The number of alkyl halides is 2. The molecule has 3 heterocycles. The lowest BCUT2D eigenvalue weighted by atomic mass is 10.0. The Kier molecular flexibility index (Phi) is 6.55. The monoisotopic (exact) mass is 495 g/mol. The standard InChI is InChI=1S/C25H27F2N7O2/c1-33(2)15-8-11-34(12-9-15)20-14-22(35-24(26)27)19(13-17(20)28)31-25-29-10-7-18(30-25)23-16-5-3-4-6-21(16)36-32-23/h3-7,10,13-15,24H,8-9,11-12,28H2,1-2H3,(H,29,30,31). The van der Waals surface area contributed by atoms with E-state index in [1.54, 1.807) is 24.4 Å². The number of rotatable bonds is 7. The maximum absolute atomic E-state index is 13.3. The smallest absolute Gasteiger partial charge is 0.387 e. The summed E-state index contributed by atoms with van der Waals surface area (Å²) >= 11 is 0. The Morgan fingerprint density at radius 1 is 1.17 bits per heavy atom. The largest absolute Gasteiger partial charge is 0.433 e. The highest BCUT2D eigenvalue weighted by atomic mass is 19.3. The van der Waals surface area contributed by atoms with Crippen LogP contribution in [0.2, 0.25) is 0 Å². The van der Waals surface area contributed by atoms with Crippen LogP contribution in [0.15, 0.2) is 53.2 Å². The van der Waals surface area contributed by atoms with Gasteiger partial charge in [-0.25, -0.2) is 9.97 Å². The molecular weight excluding hydrogens is 468 g/mol. The number of para-hydroxylation sites is 1. The van der Waals surface area contributed by atoms with Gasteiger partial charge in [0, 0.05) is 31.4 Å². The minimum absolute atomic E-state index is 0.0372. The maximum atomic E-state index is 13.3. The number of nitrogen functional groups attached to an aromatic ring is 1. The second-order valence-corrected chi connectivity index (χ2v) is 8.89. The van der Waals surface area contributed by atoms with Crippen LogP contribution in [0.4, 0.5) is 31.8 Å². The number of fused-ring (bicyclic) bond motifs is 1. The normalized spacial score (nSPS) is 14.7. The summed E-state index contributed by atoms with van der Waals surface area (Å²) in [7, 11) is 4.12. The van der Waals surface area contributed by atoms with Gasteiger partial charge in [0.1, 0.15) is 5.69 Å². The van der Waals surface area contributed by atoms with Gasteiger partial charge >= 0.3 is 6.61 Å². The summed E-state index contributed by atoms with van der Waals surface area (Å²) in [6.45, 7) is -1.47. The molecule has 2 aromatic carbocycles. The number of aromatic nitrogens is 3. The first-order chi connectivity index (χ1) is 17.4. The lowest BCUT2D eigenvalue weighted by molar-refractivity contribution is -0.0493. The van der Waals surface area contributed by atoms with Gasteiger partial charge in [0.15, 0.2) is 11.3 Å². The SMILES string of the molecule is CN(C)C1CCN(c2cc(OC(F)F)c(Nc3nccc(-c4noc5ccccc45)n3)cc2N)CC1. The van der Waals surface area contributed by atoms with Gasteiger partial charge < -0.3 is 30.1 Å². The first-order valence-corrected chi connectivity index (χ1v) is 11.6. The van der Waals surface area contributed by atoms with Crippen molar-refractivity contribution in [2.24, 2.45) is 0 Å². The van der Waals surface area contributed by atoms with Gasteiger partial charge in [-0.3, -0.25) is 0 Å². The van der Waals surface area contributed by atoms with E-state index in [2.05, 4.69) is 44.3 Å². The molecule has 0 radical (unpaired) electrons. The summed E-state index contributed by atoms with van der Waals surface area (Å²) in [6, 6.07) is 12.7. The van der Waals surface area contributed by atoms with E-state index in [0.717, 1.165) is 31.3 Å². The highest BCUT2D eigenvalue weighted by Gasteiger charge is 2.24. The Morgan fingerprint density at radius 2 is 1.94 bits per heavy atom. The molecule has 1 aliphatic heterocycles. The van der Waals surface area contributed by atoms with Gasteiger partial charge in [0.2, 0.25) is 5.95 Å². The number of benzene rings is 2. The van der Waals surface area contributed by atoms with E-state index >= 15 is 0 Å². The lowest BCUT2D eigenvalue weighted by Crippen LogP contribution is -2.42. The number of piperidine rings is 1. The summed E-state index contributed by atoms with van der Waals surface area (Å²) < 4.78 is 36.8. The molecule has 0 atom stereocenters. The van der Waals surface area contributed by atoms with E-state index in [-0.39, 0.29) is 17.4 Å². The molecule has 2 aromatic heterocycles. The zero-order valence-electron chi connectivity index (χ0n) is 20.0. The lowest BCUT2D eigenvalue weighted by Gasteiger charge is -2.37. The number of hydrogen-bond donors (Lipinski definition) is 2. The Bertz CT molecular complexity index is 1350. The van der Waals surface area contributed by atoms with Gasteiger partial charge in [0.05, 0.1) is 28.1 Å². The van der Waals surface area contributed by atoms with Gasteiger partial charge in [-0.15, -0.1) is 0 Å². The van der Waals surface area contributed by atoms with Crippen molar-refractivity contribution < 1.29 is 18.0 Å². The molecule has 11 heteroatoms. The van der Waals surface area contributed by atoms with Crippen molar-refractivity contribution in [1.82, 2.24) is 20.0 Å². The average molecular weight is 496 g/mol. The van der Waals surface area contributed by atoms with Crippen LogP contribution in [-0.4, -0.2) is 59.9 Å². The predicted octanol–water partition coefficient (Wildman–Crippen LogP) is 4.74. The van der Waals surface area contributed by atoms with Crippen molar-refractivity contribution in [1.29, 1.82) is 0 Å². The molecule has 0 aliphatic carbocycles. The predicted molar refractivity (Wildman–Crippen MR) is 135 cm³/mol. The third-order valence-corrected chi connectivity index (χ3v) is 6.40. The van der Waals surface area contributed by atoms with Crippen LogP contribution >= 0.6 is 0 Å². The second-order valence-electron chi connectivity index (χ2n) is 8.89. The number of nitrogens with zero attached hydrogens (tertiary/aromatic N) is 5. The molecule has 4 aromatic rings. The molecule has 3 N–H and O–H groups in total. The van der Waals surface area contributed by atoms with Crippen LogP contribution in [-0.2, 0) is 0 Å². The third kappa shape index (κ3) is 4.87. The highest BCUT2D eigenvalue weighted by molar-refractivity contribution is 5.90. The Hall–Kier alpha value is -3.99. The Balaban J connectivity index is 1.43. The topological polar surface area (TPSA) is 106 Å². The van der Waals surface area contributed by atoms with E-state index < -0.39 is 6.61 Å². The molecule has 5 rings (SSSR count). The molecule has 0 unspecified atom stereocenters. The quantitative estimate of drug-likeness (QED) is 0.352. The van der Waals surface area contributed by atoms with Crippen molar-refractivity contribution in [3.05, 3.63) is 48.7 Å². The Labute approximate surface area is 206 Å². The minimum atomic E-state index is -3.00. The number of nitrogens with two attached hydrogens (primary N) is 1. The summed E-state index contributed by atoms with van der Waals surface area (Å²) in [5.41, 5.74) is 9.42. The molecule has 0 spiro atoms. The zero-order valence-corrected chi connectivity index (χ0v) is 20.0. The average Bonchev–Trinajstić information content (AvgIpc) is 3.30. The number of hydrogen-bond acceptors (Lipinski definition) is 9. The maximum Gasteiger partial charge on any atom is 0.387 e. The van der Waals surface area contributed by atoms with Crippen LogP contribution in [0, 0.1) is 0 Å². The van der Waals surface area contributed by atoms with Crippen LogP contribution in [0.1, 0.15) is 12.8 Å². The molecule has 0 amide bonds. The molecule has 1 fully saturated rings. The van der Waals surface area contributed by atoms with Crippen LogP contribution in [0.25, 0.3) is 22.4 Å². The first-order valence-electron chi connectivity index (χ1n) is 11.6. The molecule has 36 heavy (non-hydrogen) atoms. The summed E-state index contributed by atoms with van der Waals surface area (Å²) in [5.74, 6) is 0.141. The third-order valence-electron chi connectivity index (χ3n) is 6.40. The van der Waals surface area contributed by atoms with Gasteiger partial charge in [-0.2, -0.15) is 8.78 Å². The van der Waals surface area contributed by atoms with Crippen LogP contribution in [0.5, 0.6) is 5.75 Å². The van der Waals surface area contributed by atoms with E-state index in [1.165, 1.54) is 0 Å². The summed E-state index contributed by atoms with van der Waals surface area (Å²) in [4.78, 5) is 13.0. The van der Waals surface area contributed by atoms with Crippen molar-refractivity contribution in [2.75, 3.05) is 43.1 Å². The van der Waals surface area contributed by atoms with Crippen LogP contribution < -0.4 is 20.7 Å². The van der Waals surface area contributed by atoms with E-state index in [1.807, 2.05) is 24.3 Å². The summed E-state index contributed by atoms with van der Waals surface area (Å²) in [6.07, 6.45) is 3.46. The van der Waals surface area contributed by atoms with Crippen molar-refractivity contribution in [3.8, 4) is 17.1 Å². The second kappa shape index (κ2) is 9.94. The van der Waals surface area contributed by atoms with Crippen molar-refractivity contribution in [3.63, 3.8) is 0 Å². The Morgan fingerprint density at radius 3 is 2.69 bits per heavy atom. The van der Waals surface area contributed by atoms with Crippen LogP contribution in [0.3, 0.4) is 0 Å². The first kappa shape index (κ1) is 23.7. The molecular formula is C25H27F2N7O2. The number of anilines is 4. The molecule has 188 valence electrons. The minimum Gasteiger partial charge on any atom is -0.433 e. The fourth-order valence-corrected chi connectivity index (χ4v) is 4.52. The fourth-order valence-electron chi connectivity index (χ4n) is 4.52. The fraction of sp³-hybridized carbons (Fsp3) is 0.320. The number of ether oxygens (including phenoxy) is 1. The molecule has 1 saturated heterocycles. The van der Waals surface area contributed by atoms with Gasteiger partial charge in [-0.05, 0) is 51.2 Å². The van der Waals surface area contributed by atoms with E-state index in [9.17, 15) is 8.78 Å². The van der Waals surface area contributed by atoms with E-state index in [0.29, 0.717) is 34.4 Å². The number of halogens is 2. The van der Waals surface area contributed by atoms with E-state index in [4.69, 9.17) is 15.0 Å². The molecule has 9 nitrogen and oxygen atoms in total. The highest BCUT2D eigenvalue weighted by Crippen LogP contribution is 2.39.